The smallest absolute Gasteiger partial charge is 0.178 e. The second-order valence-corrected chi connectivity index (χ2v) is 6.40. The second kappa shape index (κ2) is 7.18. The summed E-state index contributed by atoms with van der Waals surface area (Å²) in [4.78, 5) is 3.30. The molecule has 2 aromatic rings. The molecule has 0 aliphatic rings. The fraction of sp³-hybridized carbons (Fsp3) is 0.533. The number of nitrogens with zero attached hydrogens (tertiary/aromatic N) is 1. The van der Waals surface area contributed by atoms with Crippen molar-refractivity contribution in [1.82, 2.24) is 9.55 Å². The number of ether oxygens (including phenoxy) is 1. The molecule has 1 atom stereocenters. The van der Waals surface area contributed by atoms with Gasteiger partial charge in [0.15, 0.2) is 4.77 Å². The molecule has 1 N–H and O–H groups in total. The Morgan fingerprint density at radius 3 is 2.95 bits per heavy atom. The van der Waals surface area contributed by atoms with Crippen LogP contribution in [0.2, 0.25) is 0 Å². The molecule has 0 bridgehead atoms. The molecule has 0 spiro atoms. The van der Waals surface area contributed by atoms with Crippen LogP contribution in [0.3, 0.4) is 0 Å². The Morgan fingerprint density at radius 2 is 2.25 bits per heavy atom. The monoisotopic (exact) mass is 310 g/mol. The van der Waals surface area contributed by atoms with Gasteiger partial charge in [-0.05, 0) is 48.7 Å². The Labute approximate surface area is 129 Å². The van der Waals surface area contributed by atoms with E-state index in [-0.39, 0.29) is 0 Å². The van der Waals surface area contributed by atoms with E-state index in [0.717, 1.165) is 46.9 Å². The number of para-hydroxylation sites is 1. The molecular weight excluding hydrogens is 288 g/mol. The number of thioether (sulfide) groups is 1. The first-order chi connectivity index (χ1) is 9.67. The van der Waals surface area contributed by atoms with Crippen LogP contribution in [-0.2, 0) is 6.54 Å². The molecule has 0 fully saturated rings. The first kappa shape index (κ1) is 15.4. The largest absolute Gasteiger partial charge is 0.491 e. The zero-order chi connectivity index (χ0) is 14.5. The Hall–Kier alpha value is -0.940. The zero-order valence-electron chi connectivity index (χ0n) is 12.3. The lowest BCUT2D eigenvalue weighted by molar-refractivity contribution is 0.320. The first-order valence-corrected chi connectivity index (χ1v) is 8.80. The molecule has 1 aromatic carbocycles. The summed E-state index contributed by atoms with van der Waals surface area (Å²) >= 11 is 7.35. The van der Waals surface area contributed by atoms with Gasteiger partial charge in [-0.25, -0.2) is 0 Å². The summed E-state index contributed by atoms with van der Waals surface area (Å²) in [6.45, 7) is 6.04. The number of imidazole rings is 1. The predicted molar refractivity (Wildman–Crippen MR) is 90.5 cm³/mol. The molecule has 0 aliphatic carbocycles. The predicted octanol–water partition coefficient (Wildman–Crippen LogP) is 4.49. The molecular formula is C15H22N2OS2. The van der Waals surface area contributed by atoms with Crippen molar-refractivity contribution < 1.29 is 4.74 Å². The van der Waals surface area contributed by atoms with Crippen LogP contribution in [0.4, 0.5) is 0 Å². The minimum atomic E-state index is 0.593. The van der Waals surface area contributed by atoms with E-state index < -0.39 is 0 Å². The molecule has 0 radical (unpaired) electrons. The molecule has 0 saturated carbocycles. The van der Waals surface area contributed by atoms with Crippen LogP contribution in [0.25, 0.3) is 11.0 Å². The summed E-state index contributed by atoms with van der Waals surface area (Å²) in [5.41, 5.74) is 2.15. The molecule has 5 heteroatoms. The van der Waals surface area contributed by atoms with E-state index >= 15 is 0 Å². The van der Waals surface area contributed by atoms with Crippen molar-refractivity contribution in [3.05, 3.63) is 23.0 Å². The van der Waals surface area contributed by atoms with Gasteiger partial charge < -0.3 is 14.3 Å². The van der Waals surface area contributed by atoms with Crippen molar-refractivity contribution in [3.63, 3.8) is 0 Å². The fourth-order valence-electron chi connectivity index (χ4n) is 2.32. The van der Waals surface area contributed by atoms with Crippen LogP contribution in [0.1, 0.15) is 20.3 Å². The number of H-pyrrole nitrogens is 1. The van der Waals surface area contributed by atoms with Crippen molar-refractivity contribution in [2.24, 2.45) is 5.92 Å². The Balaban J connectivity index is 2.36. The summed E-state index contributed by atoms with van der Waals surface area (Å²) in [6, 6.07) is 6.14. The number of hydrogen-bond donors (Lipinski definition) is 1. The Morgan fingerprint density at radius 1 is 1.45 bits per heavy atom. The third kappa shape index (κ3) is 3.38. The van der Waals surface area contributed by atoms with E-state index in [1.807, 2.05) is 23.9 Å². The minimum Gasteiger partial charge on any atom is -0.491 e. The Bertz CT molecular complexity index is 618. The lowest BCUT2D eigenvalue weighted by atomic mass is 10.2. The number of hydrogen-bond acceptors (Lipinski definition) is 3. The van der Waals surface area contributed by atoms with E-state index in [1.165, 1.54) is 0 Å². The fourth-order valence-corrected chi connectivity index (χ4v) is 3.27. The third-order valence-electron chi connectivity index (χ3n) is 3.18. The summed E-state index contributed by atoms with van der Waals surface area (Å²) in [5, 5.41) is 0. The highest BCUT2D eigenvalue weighted by Crippen LogP contribution is 2.26. The summed E-state index contributed by atoms with van der Waals surface area (Å²) in [5.74, 6) is 2.63. The molecule has 1 aromatic heterocycles. The number of aromatic nitrogens is 2. The molecule has 110 valence electrons. The molecule has 0 aliphatic heterocycles. The van der Waals surface area contributed by atoms with E-state index in [9.17, 15) is 0 Å². The van der Waals surface area contributed by atoms with Crippen molar-refractivity contribution in [1.29, 1.82) is 0 Å². The van der Waals surface area contributed by atoms with E-state index in [1.54, 1.807) is 0 Å². The normalized spacial score (nSPS) is 12.8. The highest BCUT2D eigenvalue weighted by atomic mass is 32.2. The van der Waals surface area contributed by atoms with Crippen molar-refractivity contribution in [3.8, 4) is 5.75 Å². The Kier molecular flexibility index (Phi) is 5.54. The minimum absolute atomic E-state index is 0.593. The molecule has 1 heterocycles. The van der Waals surface area contributed by atoms with Crippen LogP contribution < -0.4 is 4.74 Å². The molecule has 3 nitrogen and oxygen atoms in total. The van der Waals surface area contributed by atoms with Gasteiger partial charge in [0.05, 0.1) is 12.1 Å². The second-order valence-electron chi connectivity index (χ2n) is 5.10. The van der Waals surface area contributed by atoms with Crippen LogP contribution in [0, 0.1) is 10.7 Å². The summed E-state index contributed by atoms with van der Waals surface area (Å²) in [7, 11) is 0. The number of nitrogens with one attached hydrogen (secondary N) is 1. The van der Waals surface area contributed by atoms with Gasteiger partial charge in [-0.1, -0.05) is 19.9 Å². The first-order valence-electron chi connectivity index (χ1n) is 7.00. The quantitative estimate of drug-likeness (QED) is 0.764. The highest BCUT2D eigenvalue weighted by Gasteiger charge is 2.11. The van der Waals surface area contributed by atoms with E-state index in [4.69, 9.17) is 17.0 Å². The van der Waals surface area contributed by atoms with Gasteiger partial charge in [0.1, 0.15) is 11.3 Å². The van der Waals surface area contributed by atoms with Gasteiger partial charge >= 0.3 is 0 Å². The van der Waals surface area contributed by atoms with E-state index in [2.05, 4.69) is 35.7 Å². The average molecular weight is 310 g/mol. The standard InChI is InChI=1S/C15H22N2OS2/c1-4-8-18-13-7-5-6-12-14(13)16-15(19)17(12)9-11(2)10-20-3/h5-7,11H,4,8-10H2,1-3H3,(H,16,19). The maximum atomic E-state index is 5.79. The van der Waals surface area contributed by atoms with Crippen LogP contribution >= 0.6 is 24.0 Å². The van der Waals surface area contributed by atoms with Gasteiger partial charge in [0.25, 0.3) is 0 Å². The van der Waals surface area contributed by atoms with Crippen LogP contribution in [0.15, 0.2) is 18.2 Å². The molecule has 0 amide bonds. The zero-order valence-corrected chi connectivity index (χ0v) is 13.9. The number of fused-ring (bicyclic) bond motifs is 1. The van der Waals surface area contributed by atoms with Crippen molar-refractivity contribution in [2.75, 3.05) is 18.6 Å². The number of aromatic amines is 1. The van der Waals surface area contributed by atoms with Gasteiger partial charge in [-0.3, -0.25) is 0 Å². The van der Waals surface area contributed by atoms with Gasteiger partial charge in [-0.2, -0.15) is 11.8 Å². The summed E-state index contributed by atoms with van der Waals surface area (Å²) < 4.78 is 8.76. The number of benzene rings is 1. The number of rotatable bonds is 7. The maximum Gasteiger partial charge on any atom is 0.178 e. The van der Waals surface area contributed by atoms with Gasteiger partial charge in [0.2, 0.25) is 0 Å². The molecule has 2 rings (SSSR count). The highest BCUT2D eigenvalue weighted by molar-refractivity contribution is 7.98. The topological polar surface area (TPSA) is 29.9 Å². The summed E-state index contributed by atoms with van der Waals surface area (Å²) in [6.07, 6.45) is 3.14. The van der Waals surface area contributed by atoms with Crippen LogP contribution in [0.5, 0.6) is 5.75 Å². The van der Waals surface area contributed by atoms with Gasteiger partial charge in [-0.15, -0.1) is 0 Å². The van der Waals surface area contributed by atoms with Crippen molar-refractivity contribution >= 4 is 35.0 Å². The van der Waals surface area contributed by atoms with E-state index in [0.29, 0.717) is 5.92 Å². The SMILES string of the molecule is CCCOc1cccc2c1[nH]c(=S)n2CC(C)CSC. The van der Waals surface area contributed by atoms with Crippen molar-refractivity contribution in [2.45, 2.75) is 26.8 Å². The van der Waals surface area contributed by atoms with Crippen LogP contribution in [-0.4, -0.2) is 28.2 Å². The molecule has 20 heavy (non-hydrogen) atoms. The average Bonchev–Trinajstić information content (AvgIpc) is 2.74. The van der Waals surface area contributed by atoms with Gasteiger partial charge in [0, 0.05) is 6.54 Å². The third-order valence-corrected chi connectivity index (χ3v) is 4.40. The lowest BCUT2D eigenvalue weighted by Gasteiger charge is -2.12. The molecule has 0 saturated heterocycles. The molecule has 1 unspecified atom stereocenters. The maximum absolute atomic E-state index is 5.79. The lowest BCUT2D eigenvalue weighted by Crippen LogP contribution is -2.09.